The molecule has 0 radical (unpaired) electrons. The van der Waals surface area contributed by atoms with Crippen molar-refractivity contribution in [1.29, 1.82) is 0 Å². The highest BCUT2D eigenvalue weighted by molar-refractivity contribution is 6.31. The van der Waals surface area contributed by atoms with Crippen LogP contribution in [0.5, 0.6) is 11.5 Å². The highest BCUT2D eigenvalue weighted by Gasteiger charge is 2.19. The van der Waals surface area contributed by atoms with Crippen LogP contribution in [0.2, 0.25) is 5.02 Å². The van der Waals surface area contributed by atoms with Crippen LogP contribution in [0.4, 0.5) is 10.1 Å². The Balaban J connectivity index is 1.60. The van der Waals surface area contributed by atoms with Crippen LogP contribution in [0.15, 0.2) is 53.3 Å². The predicted molar refractivity (Wildman–Crippen MR) is 110 cm³/mol. The second-order valence-electron chi connectivity index (χ2n) is 6.65. The Morgan fingerprint density at radius 1 is 1.13 bits per heavy atom. The lowest BCUT2D eigenvalue weighted by atomic mass is 10.1. The first-order valence-corrected chi connectivity index (χ1v) is 9.56. The topological polar surface area (TPSA) is 82.5 Å². The molecule has 3 aromatic rings. The third-order valence-electron chi connectivity index (χ3n) is 4.60. The quantitative estimate of drug-likeness (QED) is 0.684. The fourth-order valence-corrected chi connectivity index (χ4v) is 3.17. The average molecular weight is 430 g/mol. The molecule has 1 unspecified atom stereocenters. The largest absolute Gasteiger partial charge is 0.486 e. The van der Waals surface area contributed by atoms with Gasteiger partial charge in [-0.25, -0.2) is 9.07 Å². The first-order valence-electron chi connectivity index (χ1n) is 9.18. The molecule has 1 aliphatic heterocycles. The summed E-state index contributed by atoms with van der Waals surface area (Å²) in [5.41, 5.74) is 1.09. The molecule has 0 fully saturated rings. The third kappa shape index (κ3) is 3.99. The van der Waals surface area contributed by atoms with Crippen LogP contribution in [0.25, 0.3) is 11.3 Å². The minimum Gasteiger partial charge on any atom is -0.486 e. The van der Waals surface area contributed by atoms with Crippen LogP contribution in [-0.2, 0) is 4.79 Å². The maximum Gasteiger partial charge on any atom is 0.267 e. The molecule has 154 valence electrons. The van der Waals surface area contributed by atoms with E-state index in [4.69, 9.17) is 21.1 Å². The van der Waals surface area contributed by atoms with Crippen LogP contribution in [0.1, 0.15) is 13.0 Å². The van der Waals surface area contributed by atoms with E-state index in [9.17, 15) is 14.0 Å². The monoisotopic (exact) mass is 429 g/mol. The van der Waals surface area contributed by atoms with E-state index >= 15 is 0 Å². The second-order valence-corrected chi connectivity index (χ2v) is 7.06. The summed E-state index contributed by atoms with van der Waals surface area (Å²) in [7, 11) is 0. The highest BCUT2D eigenvalue weighted by atomic mass is 35.5. The summed E-state index contributed by atoms with van der Waals surface area (Å²) < 4.78 is 25.5. The first-order chi connectivity index (χ1) is 14.4. The van der Waals surface area contributed by atoms with E-state index in [1.54, 1.807) is 31.2 Å². The summed E-state index contributed by atoms with van der Waals surface area (Å²) in [6.45, 7) is 2.48. The van der Waals surface area contributed by atoms with Gasteiger partial charge in [0, 0.05) is 17.3 Å². The van der Waals surface area contributed by atoms with E-state index in [-0.39, 0.29) is 5.02 Å². The van der Waals surface area contributed by atoms with Crippen molar-refractivity contribution in [3.8, 4) is 22.8 Å². The molecule has 7 nitrogen and oxygen atoms in total. The van der Waals surface area contributed by atoms with Crippen molar-refractivity contribution in [2.45, 2.75) is 13.0 Å². The summed E-state index contributed by atoms with van der Waals surface area (Å²) in [6, 6.07) is 11.2. The zero-order chi connectivity index (χ0) is 21.3. The molecule has 1 aromatic heterocycles. The van der Waals surface area contributed by atoms with Crippen molar-refractivity contribution in [3.63, 3.8) is 0 Å². The van der Waals surface area contributed by atoms with Gasteiger partial charge in [0.25, 0.3) is 5.56 Å². The first kappa shape index (κ1) is 19.9. The Hall–Kier alpha value is -3.39. The number of hydrogen-bond donors (Lipinski definition) is 1. The Labute approximate surface area is 176 Å². The summed E-state index contributed by atoms with van der Waals surface area (Å²) in [5.74, 6) is 0.153. The van der Waals surface area contributed by atoms with Crippen LogP contribution >= 0.6 is 11.6 Å². The zero-order valence-electron chi connectivity index (χ0n) is 15.9. The molecule has 1 atom stereocenters. The number of carbonyl (C=O) groups excluding carboxylic acids is 1. The molecule has 9 heteroatoms. The molecule has 4 rings (SSSR count). The fraction of sp³-hybridized carbons (Fsp3) is 0.190. The SMILES string of the molecule is CC(C(=O)Nc1ccc(F)c(Cl)c1)n1nc(-c2ccc3c(c2)OCCO3)ccc1=O. The van der Waals surface area contributed by atoms with Crippen molar-refractivity contribution in [3.05, 3.63) is 69.7 Å². The third-order valence-corrected chi connectivity index (χ3v) is 4.89. The summed E-state index contributed by atoms with van der Waals surface area (Å²) in [5, 5.41) is 6.84. The van der Waals surface area contributed by atoms with E-state index in [0.717, 1.165) is 10.7 Å². The number of amides is 1. The number of fused-ring (bicyclic) bond motifs is 1. The number of nitrogens with one attached hydrogen (secondary N) is 1. The lowest BCUT2D eigenvalue weighted by molar-refractivity contribution is -0.119. The van der Waals surface area contributed by atoms with Gasteiger partial charge in [-0.1, -0.05) is 11.6 Å². The standard InChI is InChI=1S/C21H17ClFN3O4/c1-12(21(28)24-14-3-4-16(23)15(22)11-14)26-20(27)7-5-17(25-26)13-2-6-18-19(10-13)30-9-8-29-18/h2-7,10-12H,8-9H2,1H3,(H,24,28). The molecule has 0 saturated heterocycles. The highest BCUT2D eigenvalue weighted by Crippen LogP contribution is 2.33. The number of carbonyl (C=O) groups is 1. The molecule has 1 amide bonds. The van der Waals surface area contributed by atoms with Gasteiger partial charge in [0.15, 0.2) is 11.5 Å². The molecule has 2 heterocycles. The van der Waals surface area contributed by atoms with Gasteiger partial charge in [0.1, 0.15) is 25.1 Å². The van der Waals surface area contributed by atoms with Gasteiger partial charge < -0.3 is 14.8 Å². The number of rotatable bonds is 4. The van der Waals surface area contributed by atoms with Gasteiger partial charge in [0.2, 0.25) is 5.91 Å². The molecule has 0 aliphatic carbocycles. The summed E-state index contributed by atoms with van der Waals surface area (Å²) in [6.07, 6.45) is 0. The molecule has 0 bridgehead atoms. The number of anilines is 1. The normalized spacial score (nSPS) is 13.6. The van der Waals surface area contributed by atoms with E-state index in [1.807, 2.05) is 0 Å². The van der Waals surface area contributed by atoms with Crippen molar-refractivity contribution < 1.29 is 18.7 Å². The zero-order valence-corrected chi connectivity index (χ0v) is 16.6. The second kappa shape index (κ2) is 8.16. The number of nitrogens with zero attached hydrogens (tertiary/aromatic N) is 2. The predicted octanol–water partition coefficient (Wildman–Crippen LogP) is 3.67. The maximum atomic E-state index is 13.3. The Kier molecular flexibility index (Phi) is 5.41. The summed E-state index contributed by atoms with van der Waals surface area (Å²) in [4.78, 5) is 25.0. The van der Waals surface area contributed by atoms with Crippen molar-refractivity contribution in [1.82, 2.24) is 9.78 Å². The molecule has 0 spiro atoms. The number of benzene rings is 2. The van der Waals surface area contributed by atoms with Gasteiger partial charge >= 0.3 is 0 Å². The molecule has 1 aliphatic rings. The molecule has 0 saturated carbocycles. The summed E-state index contributed by atoms with van der Waals surface area (Å²) >= 11 is 5.75. The molecule has 30 heavy (non-hydrogen) atoms. The lowest BCUT2D eigenvalue weighted by Crippen LogP contribution is -2.33. The minimum atomic E-state index is -0.918. The minimum absolute atomic E-state index is 0.114. The molecular weight excluding hydrogens is 413 g/mol. The smallest absolute Gasteiger partial charge is 0.267 e. The van der Waals surface area contributed by atoms with Crippen LogP contribution in [0.3, 0.4) is 0 Å². The van der Waals surface area contributed by atoms with Crippen LogP contribution < -0.4 is 20.3 Å². The van der Waals surface area contributed by atoms with Crippen molar-refractivity contribution in [2.75, 3.05) is 18.5 Å². The molecule has 1 N–H and O–H groups in total. The van der Waals surface area contributed by atoms with Crippen molar-refractivity contribution >= 4 is 23.2 Å². The molecular formula is C21H17ClFN3O4. The Bertz CT molecular complexity index is 1180. The lowest BCUT2D eigenvalue weighted by Gasteiger charge is -2.19. The number of aromatic nitrogens is 2. The van der Waals surface area contributed by atoms with E-state index < -0.39 is 23.3 Å². The van der Waals surface area contributed by atoms with E-state index in [2.05, 4.69) is 10.4 Å². The van der Waals surface area contributed by atoms with Gasteiger partial charge in [-0.05, 0) is 49.4 Å². The Morgan fingerprint density at radius 3 is 2.67 bits per heavy atom. The number of ether oxygens (including phenoxy) is 2. The number of halogens is 2. The van der Waals surface area contributed by atoms with Gasteiger partial charge in [0.05, 0.1) is 10.7 Å². The van der Waals surface area contributed by atoms with Gasteiger partial charge in [-0.2, -0.15) is 5.10 Å². The van der Waals surface area contributed by atoms with E-state index in [1.165, 1.54) is 18.2 Å². The Morgan fingerprint density at radius 2 is 1.90 bits per heavy atom. The fourth-order valence-electron chi connectivity index (χ4n) is 2.99. The van der Waals surface area contributed by atoms with Crippen LogP contribution in [-0.4, -0.2) is 28.9 Å². The molecule has 2 aromatic carbocycles. The maximum absolute atomic E-state index is 13.3. The van der Waals surface area contributed by atoms with Gasteiger partial charge in [-0.15, -0.1) is 0 Å². The van der Waals surface area contributed by atoms with Gasteiger partial charge in [-0.3, -0.25) is 9.59 Å². The van der Waals surface area contributed by atoms with E-state index in [0.29, 0.717) is 41.7 Å². The van der Waals surface area contributed by atoms with Crippen LogP contribution in [0, 0.1) is 5.82 Å². The average Bonchev–Trinajstić information content (AvgIpc) is 2.76. The van der Waals surface area contributed by atoms with Crippen molar-refractivity contribution in [2.24, 2.45) is 0 Å². The number of hydrogen-bond acceptors (Lipinski definition) is 5.